The zero-order chi connectivity index (χ0) is 13.0. The summed E-state index contributed by atoms with van der Waals surface area (Å²) < 4.78 is 11.5. The third kappa shape index (κ3) is 3.22. The van der Waals surface area contributed by atoms with Gasteiger partial charge in [0.25, 0.3) is 0 Å². The number of aryl methyl sites for hydroxylation is 1. The summed E-state index contributed by atoms with van der Waals surface area (Å²) in [6, 6.07) is 13.8. The molecule has 3 nitrogen and oxygen atoms in total. The number of benzene rings is 1. The maximum atomic E-state index is 5.96. The molecule has 0 amide bonds. The third-order valence-electron chi connectivity index (χ3n) is 2.79. The monoisotopic (exact) mass is 245 g/mol. The van der Waals surface area contributed by atoms with E-state index in [1.54, 1.807) is 0 Å². The molecule has 0 saturated carbocycles. The minimum atomic E-state index is -0.209. The summed E-state index contributed by atoms with van der Waals surface area (Å²) in [5.74, 6) is 1.66. The highest BCUT2D eigenvalue weighted by atomic mass is 16.5. The van der Waals surface area contributed by atoms with E-state index >= 15 is 0 Å². The van der Waals surface area contributed by atoms with Crippen LogP contribution in [0.25, 0.3) is 0 Å². The summed E-state index contributed by atoms with van der Waals surface area (Å²) in [7, 11) is 0. The molecule has 2 N–H and O–H groups in total. The van der Waals surface area contributed by atoms with E-state index in [0.29, 0.717) is 6.61 Å². The quantitative estimate of drug-likeness (QED) is 0.880. The molecule has 0 aliphatic carbocycles. The van der Waals surface area contributed by atoms with Gasteiger partial charge in [-0.2, -0.15) is 0 Å². The molecule has 2 unspecified atom stereocenters. The van der Waals surface area contributed by atoms with Gasteiger partial charge in [0.15, 0.2) is 0 Å². The summed E-state index contributed by atoms with van der Waals surface area (Å²) in [5, 5.41) is 0. The second-order valence-corrected chi connectivity index (χ2v) is 4.52. The number of ether oxygens (including phenoxy) is 1. The molecule has 1 aromatic carbocycles. The molecule has 0 fully saturated rings. The number of nitrogens with two attached hydrogens (primary N) is 1. The molecule has 1 heterocycles. The Hall–Kier alpha value is -1.58. The minimum absolute atomic E-state index is 0.112. The van der Waals surface area contributed by atoms with Gasteiger partial charge in [0.05, 0.1) is 6.61 Å². The van der Waals surface area contributed by atoms with Crippen molar-refractivity contribution >= 4 is 0 Å². The van der Waals surface area contributed by atoms with Crippen molar-refractivity contribution in [3.8, 4) is 0 Å². The smallest absolute Gasteiger partial charge is 0.134 e. The van der Waals surface area contributed by atoms with E-state index in [1.165, 1.54) is 0 Å². The Balaban J connectivity index is 2.04. The van der Waals surface area contributed by atoms with Crippen LogP contribution < -0.4 is 5.73 Å². The molecule has 2 aromatic rings. The van der Waals surface area contributed by atoms with Gasteiger partial charge in [0.1, 0.15) is 17.6 Å². The van der Waals surface area contributed by atoms with Crippen molar-refractivity contribution in [2.24, 2.45) is 5.73 Å². The Morgan fingerprint density at radius 3 is 2.44 bits per heavy atom. The summed E-state index contributed by atoms with van der Waals surface area (Å²) in [6.45, 7) is 4.37. The molecule has 0 bridgehead atoms. The largest absolute Gasteiger partial charge is 0.464 e. The SMILES string of the molecule is Cc1ccc(C(OCc2ccccc2)C(C)N)o1. The van der Waals surface area contributed by atoms with Crippen LogP contribution in [-0.2, 0) is 11.3 Å². The first-order valence-corrected chi connectivity index (χ1v) is 6.14. The first kappa shape index (κ1) is 12.9. The standard InChI is InChI=1S/C15H19NO2/c1-11-8-9-14(18-11)15(12(2)16)17-10-13-6-4-3-5-7-13/h3-9,12,15H,10,16H2,1-2H3. The van der Waals surface area contributed by atoms with Gasteiger partial charge in [0, 0.05) is 6.04 Å². The molecule has 2 rings (SSSR count). The lowest BCUT2D eigenvalue weighted by Gasteiger charge is -2.19. The van der Waals surface area contributed by atoms with Crippen molar-refractivity contribution in [3.63, 3.8) is 0 Å². The summed E-state index contributed by atoms with van der Waals surface area (Å²) >= 11 is 0. The van der Waals surface area contributed by atoms with Crippen LogP contribution in [0.5, 0.6) is 0 Å². The molecule has 0 aliphatic rings. The summed E-state index contributed by atoms with van der Waals surface area (Å²) in [4.78, 5) is 0. The van der Waals surface area contributed by atoms with Crippen molar-refractivity contribution in [2.75, 3.05) is 0 Å². The Morgan fingerprint density at radius 1 is 1.17 bits per heavy atom. The first-order valence-electron chi connectivity index (χ1n) is 6.14. The highest BCUT2D eigenvalue weighted by molar-refractivity contribution is 5.14. The van der Waals surface area contributed by atoms with E-state index in [1.807, 2.05) is 56.3 Å². The van der Waals surface area contributed by atoms with E-state index in [-0.39, 0.29) is 12.1 Å². The number of hydrogen-bond donors (Lipinski definition) is 1. The average molecular weight is 245 g/mol. The van der Waals surface area contributed by atoms with Crippen LogP contribution in [0.15, 0.2) is 46.9 Å². The van der Waals surface area contributed by atoms with E-state index in [0.717, 1.165) is 17.1 Å². The van der Waals surface area contributed by atoms with Crippen LogP contribution in [0.3, 0.4) is 0 Å². The van der Waals surface area contributed by atoms with Gasteiger partial charge in [-0.15, -0.1) is 0 Å². The molecule has 96 valence electrons. The lowest BCUT2D eigenvalue weighted by molar-refractivity contribution is 0.0115. The molecule has 3 heteroatoms. The van der Waals surface area contributed by atoms with Crippen molar-refractivity contribution in [1.82, 2.24) is 0 Å². The molecule has 0 spiro atoms. The Labute approximate surface area is 108 Å². The summed E-state index contributed by atoms with van der Waals surface area (Å²) in [5.41, 5.74) is 7.09. The van der Waals surface area contributed by atoms with Crippen LogP contribution in [0, 0.1) is 6.92 Å². The molecule has 1 aromatic heterocycles. The van der Waals surface area contributed by atoms with Gasteiger partial charge < -0.3 is 14.9 Å². The van der Waals surface area contributed by atoms with Gasteiger partial charge in [-0.05, 0) is 31.5 Å². The van der Waals surface area contributed by atoms with Crippen LogP contribution in [0.4, 0.5) is 0 Å². The normalized spacial score (nSPS) is 14.4. The Kier molecular flexibility index (Phi) is 4.18. The maximum Gasteiger partial charge on any atom is 0.134 e. The van der Waals surface area contributed by atoms with Crippen LogP contribution in [0.1, 0.15) is 30.1 Å². The van der Waals surface area contributed by atoms with Crippen LogP contribution in [-0.4, -0.2) is 6.04 Å². The number of hydrogen-bond acceptors (Lipinski definition) is 3. The first-order chi connectivity index (χ1) is 8.66. The molecule has 2 atom stereocenters. The molecule has 0 aliphatic heterocycles. The Morgan fingerprint density at radius 2 is 1.89 bits per heavy atom. The fourth-order valence-corrected chi connectivity index (χ4v) is 1.86. The van der Waals surface area contributed by atoms with Crippen molar-refractivity contribution in [1.29, 1.82) is 0 Å². The van der Waals surface area contributed by atoms with Gasteiger partial charge >= 0.3 is 0 Å². The van der Waals surface area contributed by atoms with E-state index < -0.39 is 0 Å². The average Bonchev–Trinajstić information content (AvgIpc) is 2.77. The number of rotatable bonds is 5. The highest BCUT2D eigenvalue weighted by Gasteiger charge is 2.20. The van der Waals surface area contributed by atoms with Gasteiger partial charge in [0.2, 0.25) is 0 Å². The minimum Gasteiger partial charge on any atom is -0.464 e. The molecule has 0 saturated heterocycles. The van der Waals surface area contributed by atoms with Crippen molar-refractivity contribution in [3.05, 3.63) is 59.5 Å². The molecular weight excluding hydrogens is 226 g/mol. The van der Waals surface area contributed by atoms with E-state index in [4.69, 9.17) is 14.9 Å². The molecule has 0 radical (unpaired) electrons. The van der Waals surface area contributed by atoms with Crippen molar-refractivity contribution < 1.29 is 9.15 Å². The van der Waals surface area contributed by atoms with Gasteiger partial charge in [-0.1, -0.05) is 30.3 Å². The van der Waals surface area contributed by atoms with Crippen LogP contribution in [0.2, 0.25) is 0 Å². The zero-order valence-electron chi connectivity index (χ0n) is 10.8. The maximum absolute atomic E-state index is 5.96. The number of furan rings is 1. The molecule has 18 heavy (non-hydrogen) atoms. The predicted octanol–water partition coefficient (Wildman–Crippen LogP) is 3.19. The fourth-order valence-electron chi connectivity index (χ4n) is 1.86. The van der Waals surface area contributed by atoms with Crippen molar-refractivity contribution in [2.45, 2.75) is 32.6 Å². The lowest BCUT2D eigenvalue weighted by atomic mass is 10.1. The second kappa shape index (κ2) is 5.85. The Bertz CT molecular complexity index is 476. The van der Waals surface area contributed by atoms with Gasteiger partial charge in [-0.3, -0.25) is 0 Å². The zero-order valence-corrected chi connectivity index (χ0v) is 10.8. The third-order valence-corrected chi connectivity index (χ3v) is 2.79. The highest BCUT2D eigenvalue weighted by Crippen LogP contribution is 2.23. The van der Waals surface area contributed by atoms with Gasteiger partial charge in [-0.25, -0.2) is 0 Å². The van der Waals surface area contributed by atoms with Crippen LogP contribution >= 0.6 is 0 Å². The lowest BCUT2D eigenvalue weighted by Crippen LogP contribution is -2.26. The van der Waals surface area contributed by atoms with E-state index in [9.17, 15) is 0 Å². The summed E-state index contributed by atoms with van der Waals surface area (Å²) in [6.07, 6.45) is -0.209. The fraction of sp³-hybridized carbons (Fsp3) is 0.333. The second-order valence-electron chi connectivity index (χ2n) is 4.52. The molecular formula is C15H19NO2. The topological polar surface area (TPSA) is 48.4 Å². The predicted molar refractivity (Wildman–Crippen MR) is 71.1 cm³/mol. The van der Waals surface area contributed by atoms with E-state index in [2.05, 4.69) is 0 Å².